The Labute approximate surface area is 136 Å². The summed E-state index contributed by atoms with van der Waals surface area (Å²) in [6, 6.07) is 0. The summed E-state index contributed by atoms with van der Waals surface area (Å²) in [5, 5.41) is 77.1. The lowest BCUT2D eigenvalue weighted by atomic mass is 9.96. The largest absolute Gasteiger partial charge is 0.412 e. The summed E-state index contributed by atoms with van der Waals surface area (Å²) < 4.78 is 15.1. The second-order valence-corrected chi connectivity index (χ2v) is 5.62. The number of aliphatic hydroxyl groups is 8. The van der Waals surface area contributed by atoms with Gasteiger partial charge in [-0.25, -0.2) is 0 Å². The first kappa shape index (κ1) is 21.6. The summed E-state index contributed by atoms with van der Waals surface area (Å²) in [6.45, 7) is -2.13. The fourth-order valence-corrected chi connectivity index (χ4v) is 2.52. The molecule has 2 saturated heterocycles. The summed E-state index contributed by atoms with van der Waals surface area (Å²) in [5.41, 5.74) is 0. The molecule has 10 N–H and O–H groups in total. The molecule has 2 rings (SSSR count). The Balaban J connectivity index is 0.00000288. The van der Waals surface area contributed by atoms with Crippen molar-refractivity contribution in [2.75, 3.05) is 19.8 Å². The number of rotatable bonds is 4. The Kier molecular flexibility index (Phi) is 7.43. The molecule has 24 heavy (non-hydrogen) atoms. The lowest BCUT2D eigenvalue weighted by molar-refractivity contribution is -0.373. The first-order chi connectivity index (χ1) is 10.7. The van der Waals surface area contributed by atoms with Crippen molar-refractivity contribution < 1.29 is 60.5 Å². The van der Waals surface area contributed by atoms with E-state index >= 15 is 0 Å². The van der Waals surface area contributed by atoms with E-state index in [9.17, 15) is 30.6 Å². The molecule has 0 bridgehead atoms. The zero-order chi connectivity index (χ0) is 17.4. The van der Waals surface area contributed by atoms with Crippen LogP contribution in [0.1, 0.15) is 0 Å². The molecule has 2 heterocycles. The van der Waals surface area contributed by atoms with Crippen molar-refractivity contribution in [3.63, 3.8) is 0 Å². The molecular weight excluding hydrogens is 336 g/mol. The maximum atomic E-state index is 10.00. The third-order valence-corrected chi connectivity index (χ3v) is 4.02. The fourth-order valence-electron chi connectivity index (χ4n) is 2.52. The standard InChI is InChI=1S/C12H22O11.H2O/c13-1-5-6(16)7(17)8(18)11(22-5)23-9-4(15)2-21-12(20,3-14)10(9)19;/h4-11,13-20H,1-3H2;1H2/t4-,5-,6-,7+,8-,9-,10+,11-,12+;/m1./s1. The Morgan fingerprint density at radius 1 is 1.00 bits per heavy atom. The predicted molar refractivity (Wildman–Crippen MR) is 72.3 cm³/mol. The maximum Gasteiger partial charge on any atom is 0.218 e. The van der Waals surface area contributed by atoms with E-state index in [1.807, 2.05) is 0 Å². The van der Waals surface area contributed by atoms with Crippen LogP contribution in [-0.2, 0) is 14.2 Å². The van der Waals surface area contributed by atoms with Gasteiger partial charge in [-0.05, 0) is 0 Å². The Hall–Kier alpha value is -0.480. The second-order valence-electron chi connectivity index (χ2n) is 5.62. The van der Waals surface area contributed by atoms with Crippen LogP contribution in [0.4, 0.5) is 0 Å². The highest BCUT2D eigenvalue weighted by Crippen LogP contribution is 2.29. The van der Waals surface area contributed by atoms with Crippen molar-refractivity contribution in [2.24, 2.45) is 0 Å². The number of ether oxygens (including phenoxy) is 3. The van der Waals surface area contributed by atoms with E-state index in [-0.39, 0.29) is 5.48 Å². The normalized spacial score (nSPS) is 49.5. The third-order valence-electron chi connectivity index (χ3n) is 4.02. The highest BCUT2D eigenvalue weighted by molar-refractivity contribution is 4.95. The summed E-state index contributed by atoms with van der Waals surface area (Å²) in [6.07, 6.45) is -12.7. The first-order valence-electron chi connectivity index (χ1n) is 7.04. The minimum atomic E-state index is -2.38. The van der Waals surface area contributed by atoms with E-state index in [0.717, 1.165) is 0 Å². The second kappa shape index (κ2) is 8.27. The smallest absolute Gasteiger partial charge is 0.218 e. The van der Waals surface area contributed by atoms with Crippen LogP contribution < -0.4 is 0 Å². The van der Waals surface area contributed by atoms with Crippen LogP contribution >= 0.6 is 0 Å². The minimum Gasteiger partial charge on any atom is -0.412 e. The molecule has 0 aromatic heterocycles. The first-order valence-corrected chi connectivity index (χ1v) is 7.04. The van der Waals surface area contributed by atoms with Gasteiger partial charge >= 0.3 is 0 Å². The lowest BCUT2D eigenvalue weighted by Crippen LogP contribution is -2.66. The van der Waals surface area contributed by atoms with Gasteiger partial charge in [0.25, 0.3) is 0 Å². The Morgan fingerprint density at radius 3 is 2.17 bits per heavy atom. The van der Waals surface area contributed by atoms with Gasteiger partial charge in [0.2, 0.25) is 5.79 Å². The van der Waals surface area contributed by atoms with Gasteiger partial charge in [-0.2, -0.15) is 0 Å². The number of hydrogen-bond acceptors (Lipinski definition) is 11. The van der Waals surface area contributed by atoms with Crippen molar-refractivity contribution in [3.8, 4) is 0 Å². The van der Waals surface area contributed by atoms with Gasteiger partial charge in [0.15, 0.2) is 6.29 Å². The number of hydrogen-bond donors (Lipinski definition) is 8. The van der Waals surface area contributed by atoms with Crippen LogP contribution in [-0.4, -0.2) is 121 Å². The molecule has 12 nitrogen and oxygen atoms in total. The van der Waals surface area contributed by atoms with E-state index in [0.29, 0.717) is 0 Å². The third kappa shape index (κ3) is 3.85. The van der Waals surface area contributed by atoms with Gasteiger partial charge in [-0.15, -0.1) is 0 Å². The minimum absolute atomic E-state index is 0. The van der Waals surface area contributed by atoms with Gasteiger partial charge in [0, 0.05) is 0 Å². The lowest BCUT2D eigenvalue weighted by Gasteiger charge is -2.46. The van der Waals surface area contributed by atoms with Crippen LogP contribution in [0.5, 0.6) is 0 Å². The van der Waals surface area contributed by atoms with Crippen molar-refractivity contribution >= 4 is 0 Å². The van der Waals surface area contributed by atoms with Crippen molar-refractivity contribution in [2.45, 2.75) is 54.8 Å². The monoisotopic (exact) mass is 360 g/mol. The molecule has 9 atom stereocenters. The molecular formula is C12H24O12. The summed E-state index contributed by atoms with van der Waals surface area (Å²) in [7, 11) is 0. The molecule has 0 amide bonds. The average Bonchev–Trinajstić information content (AvgIpc) is 2.55. The van der Waals surface area contributed by atoms with Gasteiger partial charge < -0.3 is 60.5 Å². The molecule has 2 fully saturated rings. The molecule has 12 heteroatoms. The molecule has 144 valence electrons. The Morgan fingerprint density at radius 2 is 1.62 bits per heavy atom. The molecule has 0 aromatic carbocycles. The summed E-state index contributed by atoms with van der Waals surface area (Å²) in [5.74, 6) is -2.38. The zero-order valence-electron chi connectivity index (χ0n) is 12.5. The Bertz CT molecular complexity index is 394. The average molecular weight is 360 g/mol. The van der Waals surface area contributed by atoms with Crippen LogP contribution in [0.15, 0.2) is 0 Å². The van der Waals surface area contributed by atoms with Crippen molar-refractivity contribution in [3.05, 3.63) is 0 Å². The number of aliphatic hydroxyl groups excluding tert-OH is 7. The van der Waals surface area contributed by atoms with Crippen LogP contribution in [0.2, 0.25) is 0 Å². The molecule has 0 aromatic rings. The van der Waals surface area contributed by atoms with Gasteiger partial charge in [-0.3, -0.25) is 0 Å². The molecule has 2 aliphatic rings. The van der Waals surface area contributed by atoms with Gasteiger partial charge in [0.05, 0.1) is 19.8 Å². The van der Waals surface area contributed by atoms with Crippen molar-refractivity contribution in [1.29, 1.82) is 0 Å². The maximum absolute atomic E-state index is 10.00. The van der Waals surface area contributed by atoms with E-state index < -0.39 is 74.6 Å². The highest BCUT2D eigenvalue weighted by Gasteiger charge is 2.52. The van der Waals surface area contributed by atoms with Crippen LogP contribution in [0, 0.1) is 0 Å². The molecule has 0 unspecified atom stereocenters. The molecule has 2 aliphatic heterocycles. The van der Waals surface area contributed by atoms with E-state index in [2.05, 4.69) is 0 Å². The van der Waals surface area contributed by atoms with Gasteiger partial charge in [0.1, 0.15) is 42.7 Å². The van der Waals surface area contributed by atoms with E-state index in [1.54, 1.807) is 0 Å². The van der Waals surface area contributed by atoms with Crippen LogP contribution in [0.25, 0.3) is 0 Å². The quantitative estimate of drug-likeness (QED) is 0.235. The topological polar surface area (TPSA) is 221 Å². The summed E-state index contributed by atoms with van der Waals surface area (Å²) in [4.78, 5) is 0. The fraction of sp³-hybridized carbons (Fsp3) is 1.00. The van der Waals surface area contributed by atoms with E-state index in [4.69, 9.17) is 24.4 Å². The SMILES string of the molecule is O.OC[C@H]1O[C@H](O[C@@H]2[C@H](O)CO[C@@](O)(CO)[C@H]2O)[C@H](O)[C@@H](O)[C@@H]1O. The molecule has 0 aliphatic carbocycles. The highest BCUT2D eigenvalue weighted by atomic mass is 16.7. The zero-order valence-corrected chi connectivity index (χ0v) is 12.5. The van der Waals surface area contributed by atoms with Gasteiger partial charge in [-0.1, -0.05) is 0 Å². The summed E-state index contributed by atoms with van der Waals surface area (Å²) >= 11 is 0. The molecule has 0 spiro atoms. The van der Waals surface area contributed by atoms with Crippen LogP contribution in [0.3, 0.4) is 0 Å². The molecule has 0 saturated carbocycles. The predicted octanol–water partition coefficient (Wildman–Crippen LogP) is -6.22. The molecule has 0 radical (unpaired) electrons. The van der Waals surface area contributed by atoms with Crippen molar-refractivity contribution in [1.82, 2.24) is 0 Å². The van der Waals surface area contributed by atoms with E-state index in [1.165, 1.54) is 0 Å².